The summed E-state index contributed by atoms with van der Waals surface area (Å²) in [6.07, 6.45) is 9.43. The monoisotopic (exact) mass is 298 g/mol. The Bertz CT molecular complexity index is 302. The highest BCUT2D eigenvalue weighted by Gasteiger charge is 1.97. The Labute approximate surface area is 126 Å². The van der Waals surface area contributed by atoms with Crippen LogP contribution in [-0.2, 0) is 23.8 Å². The number of carbonyl (C=O) groups is 2. The smallest absolute Gasteiger partial charge is 0.330 e. The summed E-state index contributed by atoms with van der Waals surface area (Å²) in [7, 11) is 0. The summed E-state index contributed by atoms with van der Waals surface area (Å²) in [4.78, 5) is 22.0. The van der Waals surface area contributed by atoms with E-state index in [1.807, 2.05) is 0 Å². The summed E-state index contributed by atoms with van der Waals surface area (Å²) in [6, 6.07) is 0. The maximum Gasteiger partial charge on any atom is 0.330 e. The zero-order valence-corrected chi connectivity index (χ0v) is 13.0. The minimum atomic E-state index is -0.300. The highest BCUT2D eigenvalue weighted by Crippen LogP contribution is 1.96. The van der Waals surface area contributed by atoms with Gasteiger partial charge in [0, 0.05) is 25.4 Å². The Kier molecular flexibility index (Phi) is 13.6. The molecule has 0 bridgehead atoms. The Morgan fingerprint density at radius 3 is 1.48 bits per heavy atom. The molecule has 0 aliphatic rings. The molecular weight excluding hydrogens is 272 g/mol. The first kappa shape index (κ1) is 19.4. The number of ether oxygens (including phenoxy) is 3. The molecule has 0 aromatic rings. The molecule has 0 amide bonds. The van der Waals surface area contributed by atoms with E-state index in [9.17, 15) is 9.59 Å². The summed E-state index contributed by atoms with van der Waals surface area (Å²) in [5.41, 5.74) is 0. The van der Waals surface area contributed by atoms with Gasteiger partial charge in [0.1, 0.15) is 0 Å². The lowest BCUT2D eigenvalue weighted by molar-refractivity contribution is -0.138. The van der Waals surface area contributed by atoms with E-state index < -0.39 is 0 Å². The topological polar surface area (TPSA) is 61.8 Å². The number of allylic oxidation sites excluding steroid dienone is 2. The first-order valence-electron chi connectivity index (χ1n) is 7.37. The molecule has 0 unspecified atom stereocenters. The summed E-state index contributed by atoms with van der Waals surface area (Å²) < 4.78 is 15.3. The van der Waals surface area contributed by atoms with E-state index in [1.54, 1.807) is 26.0 Å². The van der Waals surface area contributed by atoms with Crippen molar-refractivity contribution < 1.29 is 23.8 Å². The van der Waals surface area contributed by atoms with Crippen LogP contribution in [0.2, 0.25) is 0 Å². The highest BCUT2D eigenvalue weighted by molar-refractivity contribution is 5.82. The first-order chi connectivity index (χ1) is 10.2. The van der Waals surface area contributed by atoms with E-state index in [2.05, 4.69) is 0 Å². The van der Waals surface area contributed by atoms with Crippen molar-refractivity contribution in [1.82, 2.24) is 0 Å². The molecule has 120 valence electrons. The molecular formula is C16H26O5. The van der Waals surface area contributed by atoms with Gasteiger partial charge in [-0.15, -0.1) is 0 Å². The molecule has 0 aromatic carbocycles. The van der Waals surface area contributed by atoms with Gasteiger partial charge >= 0.3 is 11.9 Å². The zero-order valence-electron chi connectivity index (χ0n) is 13.0. The first-order valence-corrected chi connectivity index (χ1v) is 7.37. The molecule has 0 rings (SSSR count). The van der Waals surface area contributed by atoms with E-state index in [0.717, 1.165) is 25.7 Å². The lowest BCUT2D eigenvalue weighted by atomic mass is 10.3. The fourth-order valence-electron chi connectivity index (χ4n) is 1.43. The molecule has 21 heavy (non-hydrogen) atoms. The number of hydrogen-bond acceptors (Lipinski definition) is 5. The molecule has 0 N–H and O–H groups in total. The van der Waals surface area contributed by atoms with Crippen LogP contribution in [0.15, 0.2) is 24.3 Å². The van der Waals surface area contributed by atoms with Gasteiger partial charge in [0.15, 0.2) is 0 Å². The molecule has 5 nitrogen and oxygen atoms in total. The Morgan fingerprint density at radius 2 is 1.10 bits per heavy atom. The lowest BCUT2D eigenvalue weighted by Gasteiger charge is -2.05. The maximum absolute atomic E-state index is 11.0. The predicted octanol–water partition coefficient (Wildman–Crippen LogP) is 2.80. The fourth-order valence-corrected chi connectivity index (χ4v) is 1.43. The van der Waals surface area contributed by atoms with Gasteiger partial charge in [-0.3, -0.25) is 0 Å². The van der Waals surface area contributed by atoms with E-state index in [4.69, 9.17) is 14.2 Å². The van der Waals surface area contributed by atoms with Crippen LogP contribution in [0.25, 0.3) is 0 Å². The summed E-state index contributed by atoms with van der Waals surface area (Å²) in [6.45, 7) is 5.70. The summed E-state index contributed by atoms with van der Waals surface area (Å²) >= 11 is 0. The van der Waals surface area contributed by atoms with Gasteiger partial charge in [-0.05, 0) is 39.5 Å². The second-order valence-corrected chi connectivity index (χ2v) is 4.36. The van der Waals surface area contributed by atoms with Crippen molar-refractivity contribution in [2.24, 2.45) is 0 Å². The Balaban J connectivity index is 3.19. The van der Waals surface area contributed by atoms with Gasteiger partial charge in [0.25, 0.3) is 0 Å². The van der Waals surface area contributed by atoms with Crippen LogP contribution in [-0.4, -0.2) is 38.4 Å². The number of carbonyl (C=O) groups excluding carboxylic acids is 2. The van der Waals surface area contributed by atoms with Crippen molar-refractivity contribution in [1.29, 1.82) is 0 Å². The van der Waals surface area contributed by atoms with Gasteiger partial charge in [0.05, 0.1) is 13.2 Å². The molecule has 0 saturated heterocycles. The lowest BCUT2D eigenvalue weighted by Crippen LogP contribution is -2.05. The summed E-state index contributed by atoms with van der Waals surface area (Å²) in [5, 5.41) is 0. The van der Waals surface area contributed by atoms with Crippen LogP contribution in [0.4, 0.5) is 0 Å². The third-order valence-electron chi connectivity index (χ3n) is 2.46. The van der Waals surface area contributed by atoms with E-state index in [1.165, 1.54) is 12.2 Å². The Hall–Kier alpha value is -1.62. The van der Waals surface area contributed by atoms with Gasteiger partial charge in [-0.25, -0.2) is 9.59 Å². The van der Waals surface area contributed by atoms with Gasteiger partial charge in [-0.1, -0.05) is 12.2 Å². The van der Waals surface area contributed by atoms with Crippen molar-refractivity contribution in [3.05, 3.63) is 24.3 Å². The average molecular weight is 298 g/mol. The van der Waals surface area contributed by atoms with Gasteiger partial charge in [0.2, 0.25) is 0 Å². The van der Waals surface area contributed by atoms with Crippen LogP contribution in [0.3, 0.4) is 0 Å². The van der Waals surface area contributed by atoms with Crippen LogP contribution in [0, 0.1) is 0 Å². The number of unbranched alkanes of at least 4 members (excludes halogenated alkanes) is 2. The van der Waals surface area contributed by atoms with Crippen molar-refractivity contribution in [2.75, 3.05) is 26.4 Å². The van der Waals surface area contributed by atoms with Crippen molar-refractivity contribution in [2.45, 2.75) is 39.5 Å². The molecule has 0 saturated carbocycles. The number of hydrogen-bond donors (Lipinski definition) is 0. The van der Waals surface area contributed by atoms with E-state index in [-0.39, 0.29) is 11.9 Å². The molecule has 0 heterocycles. The zero-order chi connectivity index (χ0) is 15.8. The van der Waals surface area contributed by atoms with Crippen molar-refractivity contribution in [3.8, 4) is 0 Å². The van der Waals surface area contributed by atoms with Crippen LogP contribution in [0.5, 0.6) is 0 Å². The maximum atomic E-state index is 11.0. The predicted molar refractivity (Wildman–Crippen MR) is 80.8 cm³/mol. The normalized spacial score (nSPS) is 11.1. The molecule has 0 aliphatic carbocycles. The van der Waals surface area contributed by atoms with Gasteiger partial charge in [-0.2, -0.15) is 0 Å². The van der Waals surface area contributed by atoms with Crippen molar-refractivity contribution in [3.63, 3.8) is 0 Å². The number of rotatable bonds is 12. The Morgan fingerprint density at radius 1 is 0.714 bits per heavy atom. The molecule has 0 aromatic heterocycles. The molecule has 0 radical (unpaired) electrons. The highest BCUT2D eigenvalue weighted by atomic mass is 16.5. The van der Waals surface area contributed by atoms with Crippen molar-refractivity contribution >= 4 is 11.9 Å². The van der Waals surface area contributed by atoms with E-state index >= 15 is 0 Å². The third kappa shape index (κ3) is 14.6. The fraction of sp³-hybridized carbons (Fsp3) is 0.625. The van der Waals surface area contributed by atoms with Crippen LogP contribution in [0.1, 0.15) is 39.5 Å². The minimum Gasteiger partial charge on any atom is -0.463 e. The second kappa shape index (κ2) is 14.8. The van der Waals surface area contributed by atoms with Gasteiger partial charge < -0.3 is 14.2 Å². The standard InChI is InChI=1S/C16H26O5/c1-3-9-15(17)20-13-7-5-11-19-12-6-8-14-21-16(18)10-4-2/h3-4,9-10H,5-8,11-14H2,1-2H3/b9-3+,10-4+. The summed E-state index contributed by atoms with van der Waals surface area (Å²) in [5.74, 6) is -0.600. The SMILES string of the molecule is C/C=C/C(=O)OCCCCOCCCCOC(=O)/C=C/C. The average Bonchev–Trinajstić information content (AvgIpc) is 2.45. The third-order valence-corrected chi connectivity index (χ3v) is 2.46. The largest absolute Gasteiger partial charge is 0.463 e. The second-order valence-electron chi connectivity index (χ2n) is 4.36. The molecule has 0 spiro atoms. The van der Waals surface area contributed by atoms with Crippen LogP contribution < -0.4 is 0 Å². The van der Waals surface area contributed by atoms with E-state index in [0.29, 0.717) is 26.4 Å². The molecule has 0 atom stereocenters. The molecule has 5 heteroatoms. The molecule has 0 aliphatic heterocycles. The van der Waals surface area contributed by atoms with Crippen LogP contribution >= 0.6 is 0 Å². The molecule has 0 fully saturated rings. The number of esters is 2. The minimum absolute atomic E-state index is 0.300. The quantitative estimate of drug-likeness (QED) is 0.315.